The van der Waals surface area contributed by atoms with Crippen LogP contribution in [0.25, 0.3) is 0 Å². The van der Waals surface area contributed by atoms with Crippen molar-refractivity contribution in [3.63, 3.8) is 0 Å². The molecule has 106 valence electrons. The molecular formula is C11H11F4NO3. The maximum atomic E-state index is 13.6. The highest BCUT2D eigenvalue weighted by Crippen LogP contribution is 2.18. The van der Waals surface area contributed by atoms with E-state index in [-0.39, 0.29) is 11.3 Å². The van der Waals surface area contributed by atoms with Gasteiger partial charge in [-0.1, -0.05) is 0 Å². The Labute approximate surface area is 106 Å². The third-order valence-corrected chi connectivity index (χ3v) is 2.04. The molecular weight excluding hydrogens is 270 g/mol. The molecule has 8 heteroatoms. The van der Waals surface area contributed by atoms with Gasteiger partial charge in [-0.3, -0.25) is 0 Å². The van der Waals surface area contributed by atoms with Gasteiger partial charge in [0.25, 0.3) is 0 Å². The Kier molecular flexibility index (Phi) is 4.71. The van der Waals surface area contributed by atoms with Gasteiger partial charge < -0.3 is 15.2 Å². The highest BCUT2D eigenvalue weighted by molar-refractivity contribution is 5.91. The normalized spacial score (nSPS) is 11.4. The van der Waals surface area contributed by atoms with Crippen molar-refractivity contribution in [1.29, 1.82) is 0 Å². The van der Waals surface area contributed by atoms with E-state index in [1.54, 1.807) is 0 Å². The second-order valence-corrected chi connectivity index (χ2v) is 3.71. The van der Waals surface area contributed by atoms with Crippen molar-refractivity contribution in [3.05, 3.63) is 29.1 Å². The van der Waals surface area contributed by atoms with Crippen LogP contribution in [0, 0.1) is 12.7 Å². The van der Waals surface area contributed by atoms with Gasteiger partial charge in [0.15, 0.2) is 6.79 Å². The summed E-state index contributed by atoms with van der Waals surface area (Å²) in [5.74, 6) is -1.98. The second-order valence-electron chi connectivity index (χ2n) is 3.71. The van der Waals surface area contributed by atoms with E-state index >= 15 is 0 Å². The van der Waals surface area contributed by atoms with Crippen LogP contribution in [0.5, 0.6) is 0 Å². The molecule has 2 N–H and O–H groups in total. The van der Waals surface area contributed by atoms with E-state index in [0.29, 0.717) is 0 Å². The number of alkyl halides is 3. The quantitative estimate of drug-likeness (QED) is 0.303. The molecule has 0 amide bonds. The Morgan fingerprint density at radius 1 is 1.37 bits per heavy atom. The lowest BCUT2D eigenvalue weighted by atomic mass is 10.1. The van der Waals surface area contributed by atoms with Crippen molar-refractivity contribution >= 4 is 11.7 Å². The Bertz CT molecular complexity index is 474. The molecule has 4 nitrogen and oxygen atoms in total. The Morgan fingerprint density at radius 2 is 2.00 bits per heavy atom. The average molecular weight is 281 g/mol. The molecule has 0 aliphatic rings. The van der Waals surface area contributed by atoms with E-state index < -0.39 is 36.9 Å². The predicted molar refractivity (Wildman–Crippen MR) is 57.8 cm³/mol. The molecule has 0 aliphatic heterocycles. The summed E-state index contributed by atoms with van der Waals surface area (Å²) in [5.41, 5.74) is 5.24. The number of aryl methyl sites for hydroxylation is 1. The zero-order valence-corrected chi connectivity index (χ0v) is 9.88. The average Bonchev–Trinajstić information content (AvgIpc) is 2.27. The van der Waals surface area contributed by atoms with E-state index in [4.69, 9.17) is 5.73 Å². The standard InChI is InChI=1S/C11H11F4NO3/c1-6-2-7(16)3-8(9(6)12)10(17)19-5-18-4-11(13,14)15/h2-3H,4-5,16H2,1H3. The monoisotopic (exact) mass is 281 g/mol. The molecule has 19 heavy (non-hydrogen) atoms. The first kappa shape index (κ1) is 15.2. The fourth-order valence-corrected chi connectivity index (χ4v) is 1.28. The van der Waals surface area contributed by atoms with Crippen LogP contribution in [0.2, 0.25) is 0 Å². The summed E-state index contributed by atoms with van der Waals surface area (Å²) in [7, 11) is 0. The maximum absolute atomic E-state index is 13.6. The maximum Gasteiger partial charge on any atom is 0.411 e. The molecule has 0 heterocycles. The van der Waals surface area contributed by atoms with Crippen LogP contribution in [0.1, 0.15) is 15.9 Å². The van der Waals surface area contributed by atoms with Gasteiger partial charge in [0.2, 0.25) is 0 Å². The lowest BCUT2D eigenvalue weighted by Gasteiger charge is -2.10. The van der Waals surface area contributed by atoms with E-state index in [1.807, 2.05) is 0 Å². The number of esters is 1. The van der Waals surface area contributed by atoms with Gasteiger partial charge in [-0.05, 0) is 24.6 Å². The van der Waals surface area contributed by atoms with Crippen molar-refractivity contribution in [2.24, 2.45) is 0 Å². The molecule has 0 bridgehead atoms. The lowest BCUT2D eigenvalue weighted by molar-refractivity contribution is -0.190. The van der Waals surface area contributed by atoms with E-state index in [1.165, 1.54) is 13.0 Å². The molecule has 0 radical (unpaired) electrons. The number of halogens is 4. The molecule has 0 atom stereocenters. The van der Waals surface area contributed by atoms with Gasteiger partial charge in [-0.2, -0.15) is 13.2 Å². The van der Waals surface area contributed by atoms with Gasteiger partial charge in [0.05, 0.1) is 5.56 Å². The molecule has 0 spiro atoms. The molecule has 1 aromatic carbocycles. The smallest absolute Gasteiger partial charge is 0.411 e. The van der Waals surface area contributed by atoms with Crippen LogP contribution >= 0.6 is 0 Å². The van der Waals surface area contributed by atoms with Gasteiger partial charge >= 0.3 is 12.1 Å². The number of carbonyl (C=O) groups excluding carboxylic acids is 1. The molecule has 0 fully saturated rings. The topological polar surface area (TPSA) is 61.6 Å². The summed E-state index contributed by atoms with van der Waals surface area (Å²) in [4.78, 5) is 11.4. The fourth-order valence-electron chi connectivity index (χ4n) is 1.28. The van der Waals surface area contributed by atoms with Crippen molar-refractivity contribution in [3.8, 4) is 0 Å². The van der Waals surface area contributed by atoms with Crippen molar-refractivity contribution < 1.29 is 31.8 Å². The Hall–Kier alpha value is -1.83. The van der Waals surface area contributed by atoms with Crippen LogP contribution in [-0.2, 0) is 9.47 Å². The second kappa shape index (κ2) is 5.87. The first-order valence-electron chi connectivity index (χ1n) is 5.08. The minimum atomic E-state index is -4.52. The minimum absolute atomic E-state index is 0.128. The minimum Gasteiger partial charge on any atom is -0.435 e. The highest BCUT2D eigenvalue weighted by atomic mass is 19.4. The summed E-state index contributed by atoms with van der Waals surface area (Å²) in [6.07, 6.45) is -4.52. The SMILES string of the molecule is Cc1cc(N)cc(C(=O)OCOCC(F)(F)F)c1F. The van der Waals surface area contributed by atoms with Gasteiger partial charge in [0.1, 0.15) is 12.4 Å². The number of anilines is 1. The first-order chi connectivity index (χ1) is 8.70. The van der Waals surface area contributed by atoms with Crippen LogP contribution in [-0.4, -0.2) is 25.5 Å². The summed E-state index contributed by atoms with van der Waals surface area (Å²) >= 11 is 0. The lowest BCUT2D eigenvalue weighted by Crippen LogP contribution is -2.20. The van der Waals surface area contributed by atoms with E-state index in [2.05, 4.69) is 9.47 Å². The van der Waals surface area contributed by atoms with Crippen LogP contribution < -0.4 is 5.73 Å². The van der Waals surface area contributed by atoms with Gasteiger partial charge in [0, 0.05) is 5.69 Å². The van der Waals surface area contributed by atoms with Crippen LogP contribution in [0.15, 0.2) is 12.1 Å². The number of benzene rings is 1. The molecule has 0 aliphatic carbocycles. The highest BCUT2D eigenvalue weighted by Gasteiger charge is 2.27. The summed E-state index contributed by atoms with van der Waals surface area (Å²) in [6, 6.07) is 2.35. The van der Waals surface area contributed by atoms with Gasteiger partial charge in [-0.15, -0.1) is 0 Å². The molecule has 1 aromatic rings. The summed E-state index contributed by atoms with van der Waals surface area (Å²) in [6.45, 7) is -1.09. The molecule has 1 rings (SSSR count). The Balaban J connectivity index is 2.60. The number of ether oxygens (including phenoxy) is 2. The fraction of sp³-hybridized carbons (Fsp3) is 0.364. The number of carbonyl (C=O) groups is 1. The number of hydrogen-bond acceptors (Lipinski definition) is 4. The van der Waals surface area contributed by atoms with Crippen molar-refractivity contribution in [1.82, 2.24) is 0 Å². The van der Waals surface area contributed by atoms with Crippen molar-refractivity contribution in [2.45, 2.75) is 13.1 Å². The third-order valence-electron chi connectivity index (χ3n) is 2.04. The number of rotatable bonds is 4. The number of nitrogen functional groups attached to an aromatic ring is 1. The summed E-state index contributed by atoms with van der Waals surface area (Å²) in [5, 5.41) is 0. The Morgan fingerprint density at radius 3 is 2.58 bits per heavy atom. The predicted octanol–water partition coefficient (Wildman–Crippen LogP) is 2.41. The van der Waals surface area contributed by atoms with E-state index in [0.717, 1.165) is 6.07 Å². The van der Waals surface area contributed by atoms with Crippen LogP contribution in [0.4, 0.5) is 23.2 Å². The number of hydrogen-bond donors (Lipinski definition) is 1. The van der Waals surface area contributed by atoms with Gasteiger partial charge in [-0.25, -0.2) is 9.18 Å². The van der Waals surface area contributed by atoms with Crippen LogP contribution in [0.3, 0.4) is 0 Å². The molecule has 0 saturated carbocycles. The zero-order chi connectivity index (χ0) is 14.6. The largest absolute Gasteiger partial charge is 0.435 e. The molecule has 0 aromatic heterocycles. The molecule has 0 unspecified atom stereocenters. The first-order valence-corrected chi connectivity index (χ1v) is 5.08. The van der Waals surface area contributed by atoms with E-state index in [9.17, 15) is 22.4 Å². The molecule has 0 saturated heterocycles. The number of nitrogens with two attached hydrogens (primary N) is 1. The zero-order valence-electron chi connectivity index (χ0n) is 9.88. The third kappa shape index (κ3) is 4.74. The van der Waals surface area contributed by atoms with Crippen molar-refractivity contribution in [2.75, 3.05) is 19.1 Å². The summed E-state index contributed by atoms with van der Waals surface area (Å²) < 4.78 is 57.2.